The number of tetrazole rings is 1. The first-order chi connectivity index (χ1) is 10.3. The summed E-state index contributed by atoms with van der Waals surface area (Å²) in [5, 5.41) is 25.1. The van der Waals surface area contributed by atoms with Crippen LogP contribution in [0.15, 0.2) is 0 Å². The fourth-order valence-corrected chi connectivity index (χ4v) is 4.25. The van der Waals surface area contributed by atoms with Crippen LogP contribution in [0.1, 0.15) is 10.4 Å². The molecule has 4 heterocycles. The number of hydrogen-bond acceptors (Lipinski definition) is 7. The molecule has 0 aromatic carbocycles. The van der Waals surface area contributed by atoms with Gasteiger partial charge in [-0.05, 0) is 16.0 Å². The quantitative estimate of drug-likeness (QED) is 0.557. The molecule has 0 saturated heterocycles. The molecule has 4 rings (SSSR count). The first kappa shape index (κ1) is 12.9. The van der Waals surface area contributed by atoms with Gasteiger partial charge in [-0.2, -0.15) is 9.50 Å². The third-order valence-electron chi connectivity index (χ3n) is 3.83. The molecule has 110 valence electrons. The Morgan fingerprint density at radius 1 is 1.48 bits per heavy atom. The van der Waals surface area contributed by atoms with Gasteiger partial charge in [0, 0.05) is 13.0 Å². The molecule has 9 heteroatoms. The molecule has 3 N–H and O–H groups in total. The number of nitrogens with one attached hydrogen (secondary N) is 2. The summed E-state index contributed by atoms with van der Waals surface area (Å²) in [5.74, 6) is 1.26. The van der Waals surface area contributed by atoms with Gasteiger partial charge < -0.3 is 15.3 Å². The first-order valence-corrected chi connectivity index (χ1v) is 7.78. The van der Waals surface area contributed by atoms with Gasteiger partial charge in [-0.3, -0.25) is 0 Å². The molecule has 3 aromatic heterocycles. The number of fused-ring (bicyclic) bond motifs is 5. The van der Waals surface area contributed by atoms with Crippen molar-refractivity contribution < 1.29 is 10.0 Å². The van der Waals surface area contributed by atoms with Gasteiger partial charge in [0.05, 0.1) is 30.5 Å². The van der Waals surface area contributed by atoms with Crippen molar-refractivity contribution in [1.29, 1.82) is 0 Å². The molecule has 1 atom stereocenters. The Morgan fingerprint density at radius 2 is 2.38 bits per heavy atom. The summed E-state index contributed by atoms with van der Waals surface area (Å²) in [7, 11) is 2.21. The van der Waals surface area contributed by atoms with Crippen molar-refractivity contribution >= 4 is 33.1 Å². The Hall–Kier alpha value is -1.84. The van der Waals surface area contributed by atoms with E-state index in [-0.39, 0.29) is 6.61 Å². The number of nitrogens with zero attached hydrogens (tertiary/aromatic N) is 5. The second-order valence-electron chi connectivity index (χ2n) is 5.32. The standard InChI is InChI=1S/C12H15N7OS/c1-18-4-2-7-8(6-18)21-11-9(7)10(13-3-5-20)14-12-15-16-17-19(11)12/h20H,2-6H2,1H3,(H,13,14,15,17)/p+1. The molecule has 0 spiro atoms. The Morgan fingerprint density at radius 3 is 3.24 bits per heavy atom. The highest BCUT2D eigenvalue weighted by molar-refractivity contribution is 7.19. The van der Waals surface area contributed by atoms with Crippen LogP contribution >= 0.6 is 11.3 Å². The molecule has 0 bridgehead atoms. The molecule has 3 aromatic rings. The van der Waals surface area contributed by atoms with E-state index in [9.17, 15) is 0 Å². The van der Waals surface area contributed by atoms with Gasteiger partial charge in [0.2, 0.25) is 0 Å². The maximum atomic E-state index is 9.06. The lowest BCUT2D eigenvalue weighted by Crippen LogP contribution is -3.08. The number of aliphatic hydroxyl groups excluding tert-OH is 1. The SMILES string of the molecule is C[NH+]1CCc2c(sc3c2c(NCCO)nc2nnnn23)C1. The molecular weight excluding hydrogens is 290 g/mol. The van der Waals surface area contributed by atoms with E-state index in [2.05, 4.69) is 32.9 Å². The number of thiophene rings is 1. The van der Waals surface area contributed by atoms with Crippen LogP contribution in [-0.4, -0.2) is 56.9 Å². The summed E-state index contributed by atoms with van der Waals surface area (Å²) in [6, 6.07) is 0. The zero-order valence-corrected chi connectivity index (χ0v) is 12.4. The van der Waals surface area contributed by atoms with Crippen molar-refractivity contribution in [3.05, 3.63) is 10.4 Å². The van der Waals surface area contributed by atoms with Gasteiger partial charge in [0.25, 0.3) is 5.78 Å². The highest BCUT2D eigenvalue weighted by Gasteiger charge is 2.26. The molecule has 1 unspecified atom stereocenters. The molecule has 1 aliphatic rings. The summed E-state index contributed by atoms with van der Waals surface area (Å²) in [5.41, 5.74) is 1.35. The van der Waals surface area contributed by atoms with Crippen LogP contribution in [0.3, 0.4) is 0 Å². The van der Waals surface area contributed by atoms with Gasteiger partial charge in [-0.1, -0.05) is 5.10 Å². The number of aromatic nitrogens is 5. The summed E-state index contributed by atoms with van der Waals surface area (Å²) < 4.78 is 1.71. The highest BCUT2D eigenvalue weighted by atomic mass is 32.1. The van der Waals surface area contributed by atoms with E-state index in [1.807, 2.05) is 0 Å². The second kappa shape index (κ2) is 4.86. The Balaban J connectivity index is 2.00. The third-order valence-corrected chi connectivity index (χ3v) is 5.04. The maximum absolute atomic E-state index is 9.06. The summed E-state index contributed by atoms with van der Waals surface area (Å²) in [6.45, 7) is 2.68. The maximum Gasteiger partial charge on any atom is 0.276 e. The lowest BCUT2D eigenvalue weighted by Gasteiger charge is -2.19. The average molecular weight is 306 g/mol. The lowest BCUT2D eigenvalue weighted by molar-refractivity contribution is -0.895. The minimum atomic E-state index is 0.0680. The number of rotatable bonds is 3. The fourth-order valence-electron chi connectivity index (χ4n) is 2.84. The topological polar surface area (TPSA) is 92.7 Å². The number of quaternary nitrogens is 1. The van der Waals surface area contributed by atoms with E-state index in [0.29, 0.717) is 12.3 Å². The zero-order chi connectivity index (χ0) is 14.4. The van der Waals surface area contributed by atoms with E-state index in [1.54, 1.807) is 15.9 Å². The molecule has 8 nitrogen and oxygen atoms in total. The summed E-state index contributed by atoms with van der Waals surface area (Å²) >= 11 is 1.74. The van der Waals surface area contributed by atoms with Crippen LogP contribution in [-0.2, 0) is 13.0 Å². The van der Waals surface area contributed by atoms with E-state index in [4.69, 9.17) is 5.11 Å². The molecule has 0 fully saturated rings. The minimum absolute atomic E-state index is 0.0680. The normalized spacial score (nSPS) is 18.3. The average Bonchev–Trinajstić information content (AvgIpc) is 3.07. The smallest absolute Gasteiger partial charge is 0.276 e. The lowest BCUT2D eigenvalue weighted by atomic mass is 10.1. The number of anilines is 1. The van der Waals surface area contributed by atoms with E-state index in [1.165, 1.54) is 15.3 Å². The van der Waals surface area contributed by atoms with Crippen LogP contribution in [0.4, 0.5) is 5.82 Å². The molecule has 0 aliphatic carbocycles. The van der Waals surface area contributed by atoms with Crippen LogP contribution in [0.5, 0.6) is 0 Å². The molecule has 1 aliphatic heterocycles. The van der Waals surface area contributed by atoms with Gasteiger partial charge in [-0.25, -0.2) is 0 Å². The minimum Gasteiger partial charge on any atom is -0.395 e. The van der Waals surface area contributed by atoms with Gasteiger partial charge in [0.1, 0.15) is 17.2 Å². The molecular formula is C12H16N7OS+. The van der Waals surface area contributed by atoms with Crippen molar-refractivity contribution in [2.45, 2.75) is 13.0 Å². The Labute approximate surface area is 124 Å². The largest absolute Gasteiger partial charge is 0.395 e. The monoisotopic (exact) mass is 306 g/mol. The van der Waals surface area contributed by atoms with Crippen LogP contribution in [0.25, 0.3) is 16.0 Å². The highest BCUT2D eigenvalue weighted by Crippen LogP contribution is 2.36. The Bertz CT molecular complexity index is 811. The first-order valence-electron chi connectivity index (χ1n) is 6.96. The predicted molar refractivity (Wildman–Crippen MR) is 78.7 cm³/mol. The molecule has 0 saturated carbocycles. The summed E-state index contributed by atoms with van der Waals surface area (Å²) in [4.78, 5) is 8.43. The van der Waals surface area contributed by atoms with Gasteiger partial charge in [-0.15, -0.1) is 11.3 Å². The van der Waals surface area contributed by atoms with Gasteiger partial charge >= 0.3 is 0 Å². The summed E-state index contributed by atoms with van der Waals surface area (Å²) in [6.07, 6.45) is 1.03. The molecule has 0 radical (unpaired) electrons. The van der Waals surface area contributed by atoms with E-state index >= 15 is 0 Å². The van der Waals surface area contributed by atoms with Crippen molar-refractivity contribution in [3.8, 4) is 0 Å². The van der Waals surface area contributed by atoms with Crippen molar-refractivity contribution in [1.82, 2.24) is 25.0 Å². The predicted octanol–water partition coefficient (Wildman–Crippen LogP) is -1.29. The van der Waals surface area contributed by atoms with Crippen molar-refractivity contribution in [3.63, 3.8) is 0 Å². The fraction of sp³-hybridized carbons (Fsp3) is 0.500. The van der Waals surface area contributed by atoms with Crippen LogP contribution in [0.2, 0.25) is 0 Å². The second-order valence-corrected chi connectivity index (χ2v) is 6.40. The van der Waals surface area contributed by atoms with E-state index < -0.39 is 0 Å². The van der Waals surface area contributed by atoms with Crippen LogP contribution < -0.4 is 10.2 Å². The van der Waals surface area contributed by atoms with Crippen molar-refractivity contribution in [2.75, 3.05) is 32.1 Å². The van der Waals surface area contributed by atoms with Crippen molar-refractivity contribution in [2.24, 2.45) is 0 Å². The third kappa shape index (κ3) is 1.96. The zero-order valence-electron chi connectivity index (χ0n) is 11.6. The van der Waals surface area contributed by atoms with Gasteiger partial charge in [0.15, 0.2) is 0 Å². The molecule has 21 heavy (non-hydrogen) atoms. The number of aliphatic hydroxyl groups is 1. The Kier molecular flexibility index (Phi) is 2.98. The van der Waals surface area contributed by atoms with E-state index in [0.717, 1.165) is 35.5 Å². The number of likely N-dealkylation sites (N-methyl/N-ethyl adjacent to an activating group) is 1. The molecule has 0 amide bonds. The number of hydrogen-bond donors (Lipinski definition) is 3. The van der Waals surface area contributed by atoms with Crippen LogP contribution in [0, 0.1) is 0 Å².